The number of hydrogen-bond acceptors (Lipinski definition) is 2. The average Bonchev–Trinajstić information content (AvgIpc) is 2.94. The van der Waals surface area contributed by atoms with E-state index in [2.05, 4.69) is 24.4 Å². The Labute approximate surface area is 223 Å². The summed E-state index contributed by atoms with van der Waals surface area (Å²) in [5, 5.41) is 3.10. The smallest absolute Gasteiger partial charge is 0.245 e. The van der Waals surface area contributed by atoms with Crippen LogP contribution in [0.1, 0.15) is 68.6 Å². The van der Waals surface area contributed by atoms with Crippen LogP contribution in [0.15, 0.2) is 91.0 Å². The Kier molecular flexibility index (Phi) is 12.5. The third kappa shape index (κ3) is 10.6. The van der Waals surface area contributed by atoms with E-state index < -0.39 is 6.04 Å². The quantitative estimate of drug-likeness (QED) is 0.222. The van der Waals surface area contributed by atoms with Gasteiger partial charge in [0.25, 0.3) is 0 Å². The van der Waals surface area contributed by atoms with Gasteiger partial charge in [-0.15, -0.1) is 0 Å². The molecule has 0 bridgehead atoms. The van der Waals surface area contributed by atoms with Crippen molar-refractivity contribution in [2.45, 2.75) is 77.3 Å². The third-order valence-electron chi connectivity index (χ3n) is 6.71. The van der Waals surface area contributed by atoms with Crippen LogP contribution in [0.5, 0.6) is 0 Å². The zero-order chi connectivity index (χ0) is 26.1. The normalized spacial score (nSPS) is 11.6. The van der Waals surface area contributed by atoms with Crippen LogP contribution >= 0.6 is 0 Å². The van der Waals surface area contributed by atoms with Gasteiger partial charge < -0.3 is 10.2 Å². The van der Waals surface area contributed by atoms with E-state index in [0.29, 0.717) is 25.9 Å². The monoisotopic (exact) mass is 498 g/mol. The summed E-state index contributed by atoms with van der Waals surface area (Å²) >= 11 is 0. The van der Waals surface area contributed by atoms with Crippen molar-refractivity contribution in [2.75, 3.05) is 6.54 Å². The van der Waals surface area contributed by atoms with E-state index in [-0.39, 0.29) is 11.8 Å². The molecule has 0 fully saturated rings. The molecule has 0 saturated carbocycles. The molecular weight excluding hydrogens is 456 g/mol. The van der Waals surface area contributed by atoms with Crippen molar-refractivity contribution in [3.05, 3.63) is 108 Å². The summed E-state index contributed by atoms with van der Waals surface area (Å²) in [5.41, 5.74) is 3.32. The number of carbonyl (C=O) groups excluding carboxylic acids is 2. The van der Waals surface area contributed by atoms with Gasteiger partial charge in [-0.2, -0.15) is 0 Å². The molecule has 0 aliphatic rings. The maximum absolute atomic E-state index is 14.0. The summed E-state index contributed by atoms with van der Waals surface area (Å²) in [6, 6.07) is 29.7. The van der Waals surface area contributed by atoms with Crippen molar-refractivity contribution in [1.29, 1.82) is 0 Å². The largest absolute Gasteiger partial charge is 0.344 e. The molecule has 37 heavy (non-hydrogen) atoms. The lowest BCUT2D eigenvalue weighted by molar-refractivity contribution is -0.137. The second-order valence-corrected chi connectivity index (χ2v) is 9.81. The fourth-order valence-electron chi connectivity index (χ4n) is 4.58. The van der Waals surface area contributed by atoms with Gasteiger partial charge in [0.05, 0.1) is 0 Å². The molecule has 4 nitrogen and oxygen atoms in total. The van der Waals surface area contributed by atoms with Gasteiger partial charge in [0.2, 0.25) is 11.8 Å². The molecule has 2 amide bonds. The topological polar surface area (TPSA) is 49.4 Å². The molecule has 3 aromatic carbocycles. The lowest BCUT2D eigenvalue weighted by Crippen LogP contribution is -2.50. The lowest BCUT2D eigenvalue weighted by Gasteiger charge is -2.28. The Morgan fingerprint density at radius 2 is 1.24 bits per heavy atom. The number of amides is 2. The van der Waals surface area contributed by atoms with E-state index >= 15 is 0 Å². The Bertz CT molecular complexity index is 1040. The molecule has 1 N–H and O–H groups in total. The van der Waals surface area contributed by atoms with Crippen LogP contribution in [0.3, 0.4) is 0 Å². The highest BCUT2D eigenvalue weighted by atomic mass is 16.2. The minimum atomic E-state index is -0.588. The van der Waals surface area contributed by atoms with Crippen molar-refractivity contribution < 1.29 is 9.59 Å². The number of nitrogens with one attached hydrogen (secondary N) is 1. The molecule has 196 valence electrons. The molecule has 1 unspecified atom stereocenters. The minimum Gasteiger partial charge on any atom is -0.344 e. The highest BCUT2D eigenvalue weighted by molar-refractivity contribution is 5.88. The summed E-state index contributed by atoms with van der Waals surface area (Å²) in [4.78, 5) is 28.8. The SMILES string of the molecule is CCCCCCCCC(=O)NC(Cc1ccccc1)C(=O)N(CCc1ccccc1)Cc1ccccc1. The molecule has 3 rings (SSSR count). The standard InChI is InChI=1S/C33H42N2O2/c1-2-3-4-5-6-16-23-32(36)34-31(26-29-19-12-8-13-20-29)33(37)35(27-30-21-14-9-15-22-30)25-24-28-17-10-7-11-18-28/h7-15,17-22,31H,2-6,16,23-27H2,1H3,(H,34,36). The summed E-state index contributed by atoms with van der Waals surface area (Å²) < 4.78 is 0. The van der Waals surface area contributed by atoms with E-state index in [1.165, 1.54) is 24.8 Å². The minimum absolute atomic E-state index is 0.0278. The van der Waals surface area contributed by atoms with E-state index in [1.54, 1.807) is 0 Å². The molecule has 4 heteroatoms. The number of unbranched alkanes of at least 4 members (excludes halogenated alkanes) is 5. The van der Waals surface area contributed by atoms with Crippen molar-refractivity contribution in [2.24, 2.45) is 0 Å². The number of hydrogen-bond donors (Lipinski definition) is 1. The van der Waals surface area contributed by atoms with E-state index in [1.807, 2.05) is 83.8 Å². The first kappa shape index (κ1) is 28.2. The molecule has 0 aromatic heterocycles. The lowest BCUT2D eigenvalue weighted by atomic mass is 10.0. The third-order valence-corrected chi connectivity index (χ3v) is 6.71. The number of nitrogens with zero attached hydrogens (tertiary/aromatic N) is 1. The first-order valence-corrected chi connectivity index (χ1v) is 13.9. The van der Waals surface area contributed by atoms with Gasteiger partial charge in [-0.05, 0) is 29.5 Å². The second kappa shape index (κ2) is 16.4. The van der Waals surface area contributed by atoms with Crippen molar-refractivity contribution in [3.8, 4) is 0 Å². The van der Waals surface area contributed by atoms with Crippen LogP contribution in [-0.4, -0.2) is 29.3 Å². The predicted octanol–water partition coefficient (Wildman–Crippen LogP) is 6.74. The summed E-state index contributed by atoms with van der Waals surface area (Å²) in [5.74, 6) is -0.0626. The van der Waals surface area contributed by atoms with Gasteiger partial charge in [-0.1, -0.05) is 130 Å². The molecule has 1 atom stereocenters. The van der Waals surface area contributed by atoms with Gasteiger partial charge >= 0.3 is 0 Å². The molecule has 0 aliphatic carbocycles. The van der Waals surface area contributed by atoms with E-state index in [0.717, 1.165) is 36.8 Å². The Morgan fingerprint density at radius 1 is 0.703 bits per heavy atom. The van der Waals surface area contributed by atoms with Gasteiger partial charge in [0, 0.05) is 25.9 Å². The van der Waals surface area contributed by atoms with Gasteiger partial charge in [0.1, 0.15) is 6.04 Å². The highest BCUT2D eigenvalue weighted by Crippen LogP contribution is 2.13. The fourth-order valence-corrected chi connectivity index (χ4v) is 4.58. The average molecular weight is 499 g/mol. The fraction of sp³-hybridized carbons (Fsp3) is 0.394. The van der Waals surface area contributed by atoms with Crippen molar-refractivity contribution in [3.63, 3.8) is 0 Å². The van der Waals surface area contributed by atoms with Crippen molar-refractivity contribution >= 4 is 11.8 Å². The Hall–Kier alpha value is -3.40. The van der Waals surface area contributed by atoms with E-state index in [4.69, 9.17) is 0 Å². The number of benzene rings is 3. The van der Waals surface area contributed by atoms with Crippen LogP contribution in [0, 0.1) is 0 Å². The molecule has 3 aromatic rings. The number of rotatable bonds is 16. The van der Waals surface area contributed by atoms with Crippen LogP contribution in [-0.2, 0) is 29.0 Å². The van der Waals surface area contributed by atoms with Gasteiger partial charge in [-0.25, -0.2) is 0 Å². The summed E-state index contributed by atoms with van der Waals surface area (Å²) in [6.45, 7) is 3.32. The van der Waals surface area contributed by atoms with Gasteiger partial charge in [0.15, 0.2) is 0 Å². The van der Waals surface area contributed by atoms with Crippen molar-refractivity contribution in [1.82, 2.24) is 10.2 Å². The Balaban J connectivity index is 1.71. The first-order chi connectivity index (χ1) is 18.2. The molecular formula is C33H42N2O2. The van der Waals surface area contributed by atoms with Crippen LogP contribution < -0.4 is 5.32 Å². The van der Waals surface area contributed by atoms with Crippen LogP contribution in [0.2, 0.25) is 0 Å². The highest BCUT2D eigenvalue weighted by Gasteiger charge is 2.26. The summed E-state index contributed by atoms with van der Waals surface area (Å²) in [7, 11) is 0. The Morgan fingerprint density at radius 3 is 1.86 bits per heavy atom. The molecule has 0 spiro atoms. The number of carbonyl (C=O) groups is 2. The maximum atomic E-state index is 14.0. The summed E-state index contributed by atoms with van der Waals surface area (Å²) in [6.07, 6.45) is 8.50. The van der Waals surface area contributed by atoms with E-state index in [9.17, 15) is 9.59 Å². The molecule has 0 heterocycles. The maximum Gasteiger partial charge on any atom is 0.245 e. The molecule has 0 aliphatic heterocycles. The van der Waals surface area contributed by atoms with Gasteiger partial charge in [-0.3, -0.25) is 9.59 Å². The zero-order valence-electron chi connectivity index (χ0n) is 22.3. The van der Waals surface area contributed by atoms with Crippen LogP contribution in [0.4, 0.5) is 0 Å². The second-order valence-electron chi connectivity index (χ2n) is 9.81. The molecule has 0 radical (unpaired) electrons. The molecule has 0 saturated heterocycles. The first-order valence-electron chi connectivity index (χ1n) is 13.9. The van der Waals surface area contributed by atoms with Crippen LogP contribution in [0.25, 0.3) is 0 Å². The zero-order valence-corrected chi connectivity index (χ0v) is 22.3. The predicted molar refractivity (Wildman–Crippen MR) is 152 cm³/mol.